The molecule has 1 aliphatic heterocycles. The van der Waals surface area contributed by atoms with Gasteiger partial charge >= 0.3 is 0 Å². The molecule has 1 heterocycles. The molecule has 1 aliphatic rings. The zero-order valence-electron chi connectivity index (χ0n) is 11.7. The van der Waals surface area contributed by atoms with Gasteiger partial charge in [-0.05, 0) is 50.4 Å². The van der Waals surface area contributed by atoms with Crippen LogP contribution in [-0.2, 0) is 10.0 Å². The summed E-state index contributed by atoms with van der Waals surface area (Å²) in [4.78, 5) is -0.243. The number of hydrogen-bond acceptors (Lipinski definition) is 3. The van der Waals surface area contributed by atoms with E-state index in [9.17, 15) is 12.8 Å². The fourth-order valence-corrected chi connectivity index (χ4v) is 3.72. The molecule has 0 saturated carbocycles. The Balaban J connectivity index is 2.00. The third-order valence-corrected chi connectivity index (χ3v) is 5.73. The monoisotopic (exact) mass is 300 g/mol. The van der Waals surface area contributed by atoms with E-state index in [1.165, 1.54) is 35.6 Å². The first-order valence-electron chi connectivity index (χ1n) is 6.93. The van der Waals surface area contributed by atoms with Gasteiger partial charge < -0.3 is 5.32 Å². The van der Waals surface area contributed by atoms with Gasteiger partial charge in [0.05, 0.1) is 0 Å². The summed E-state index contributed by atoms with van der Waals surface area (Å²) in [5.74, 6) is -0.143. The van der Waals surface area contributed by atoms with Gasteiger partial charge in [-0.15, -0.1) is 0 Å². The lowest BCUT2D eigenvalue weighted by atomic mass is 9.95. The van der Waals surface area contributed by atoms with E-state index in [-0.39, 0.29) is 4.90 Å². The Bertz CT molecular complexity index is 542. The van der Waals surface area contributed by atoms with Crippen molar-refractivity contribution in [2.24, 2.45) is 5.92 Å². The number of benzene rings is 1. The number of halogens is 1. The molecule has 0 unspecified atom stereocenters. The van der Waals surface area contributed by atoms with Crippen LogP contribution in [0.4, 0.5) is 4.39 Å². The zero-order chi connectivity index (χ0) is 14.6. The van der Waals surface area contributed by atoms with Crippen LogP contribution in [0.15, 0.2) is 29.2 Å². The summed E-state index contributed by atoms with van der Waals surface area (Å²) in [5, 5.41) is 3.28. The fraction of sp³-hybridized carbons (Fsp3) is 0.571. The zero-order valence-corrected chi connectivity index (χ0v) is 12.5. The van der Waals surface area contributed by atoms with Crippen molar-refractivity contribution in [1.29, 1.82) is 0 Å². The minimum Gasteiger partial charge on any atom is -0.317 e. The van der Waals surface area contributed by atoms with Crippen LogP contribution >= 0.6 is 0 Å². The molecule has 1 N–H and O–H groups in total. The molecule has 0 amide bonds. The van der Waals surface area contributed by atoms with E-state index in [0.29, 0.717) is 12.5 Å². The minimum atomic E-state index is -3.73. The molecule has 1 aromatic rings. The first kappa shape index (κ1) is 15.4. The van der Waals surface area contributed by atoms with Gasteiger partial charge in [-0.2, -0.15) is 0 Å². The molecule has 1 fully saturated rings. The normalized spacial score (nSPS) is 17.6. The molecule has 0 spiro atoms. The lowest BCUT2D eigenvalue weighted by Crippen LogP contribution is -2.33. The molecule has 2 rings (SSSR count). The summed E-state index contributed by atoms with van der Waals surface area (Å²) >= 11 is 0. The van der Waals surface area contributed by atoms with Crippen LogP contribution in [0.5, 0.6) is 0 Å². The number of hydrogen-bond donors (Lipinski definition) is 1. The van der Waals surface area contributed by atoms with Crippen molar-refractivity contribution in [2.75, 3.05) is 26.7 Å². The summed E-state index contributed by atoms with van der Waals surface area (Å²) < 4.78 is 39.5. The van der Waals surface area contributed by atoms with Crippen LogP contribution in [0.3, 0.4) is 0 Å². The lowest BCUT2D eigenvalue weighted by molar-refractivity contribution is 0.325. The summed E-state index contributed by atoms with van der Waals surface area (Å²) in [6.45, 7) is 2.42. The highest BCUT2D eigenvalue weighted by molar-refractivity contribution is 7.89. The van der Waals surface area contributed by atoms with Gasteiger partial charge in [0.2, 0.25) is 10.0 Å². The third-order valence-electron chi connectivity index (χ3n) is 3.84. The Hall–Kier alpha value is -0.980. The van der Waals surface area contributed by atoms with Crippen molar-refractivity contribution >= 4 is 10.0 Å². The van der Waals surface area contributed by atoms with Crippen molar-refractivity contribution < 1.29 is 12.8 Å². The Morgan fingerprint density at radius 1 is 1.30 bits per heavy atom. The Morgan fingerprint density at radius 3 is 2.60 bits per heavy atom. The number of nitrogens with one attached hydrogen (secondary N) is 1. The van der Waals surface area contributed by atoms with Crippen LogP contribution in [0.1, 0.15) is 19.3 Å². The Morgan fingerprint density at radius 2 is 1.95 bits per heavy atom. The first-order chi connectivity index (χ1) is 9.51. The maximum absolute atomic E-state index is 13.6. The van der Waals surface area contributed by atoms with Crippen LogP contribution < -0.4 is 5.32 Å². The second-order valence-electron chi connectivity index (χ2n) is 5.24. The fourth-order valence-electron chi connectivity index (χ4n) is 2.48. The standard InChI is InChI=1S/C14H21FN2O2S/c1-17(11-8-12-6-9-16-10-7-12)20(18,19)14-5-3-2-4-13(14)15/h2-5,12,16H,6-11H2,1H3. The van der Waals surface area contributed by atoms with Crippen LogP contribution in [0.2, 0.25) is 0 Å². The van der Waals surface area contributed by atoms with E-state index in [4.69, 9.17) is 0 Å². The van der Waals surface area contributed by atoms with Crippen molar-refractivity contribution in [1.82, 2.24) is 9.62 Å². The van der Waals surface area contributed by atoms with E-state index in [1.807, 2.05) is 0 Å². The van der Waals surface area contributed by atoms with Crippen molar-refractivity contribution in [3.05, 3.63) is 30.1 Å². The molecule has 0 aliphatic carbocycles. The second kappa shape index (κ2) is 6.65. The van der Waals surface area contributed by atoms with Crippen molar-refractivity contribution in [3.8, 4) is 0 Å². The third kappa shape index (κ3) is 3.56. The van der Waals surface area contributed by atoms with E-state index >= 15 is 0 Å². The summed E-state index contributed by atoms with van der Waals surface area (Å²) in [5.41, 5.74) is 0. The van der Waals surface area contributed by atoms with Gasteiger partial charge in [0.15, 0.2) is 0 Å². The smallest absolute Gasteiger partial charge is 0.245 e. The number of rotatable bonds is 5. The van der Waals surface area contributed by atoms with Gasteiger partial charge in [-0.3, -0.25) is 0 Å². The topological polar surface area (TPSA) is 49.4 Å². The highest BCUT2D eigenvalue weighted by Crippen LogP contribution is 2.21. The quantitative estimate of drug-likeness (QED) is 0.902. The lowest BCUT2D eigenvalue weighted by Gasteiger charge is -2.25. The summed E-state index contributed by atoms with van der Waals surface area (Å²) in [6, 6.07) is 5.51. The first-order valence-corrected chi connectivity index (χ1v) is 8.37. The molecule has 6 heteroatoms. The van der Waals surface area contributed by atoms with Gasteiger partial charge in [0.1, 0.15) is 10.7 Å². The highest BCUT2D eigenvalue weighted by atomic mass is 32.2. The molecular formula is C14H21FN2O2S. The van der Waals surface area contributed by atoms with Crippen LogP contribution in [0.25, 0.3) is 0 Å². The van der Waals surface area contributed by atoms with Gasteiger partial charge in [0, 0.05) is 13.6 Å². The average Bonchev–Trinajstić information content (AvgIpc) is 2.46. The number of nitrogens with zero attached hydrogens (tertiary/aromatic N) is 1. The molecule has 1 saturated heterocycles. The van der Waals surface area contributed by atoms with Crippen molar-refractivity contribution in [2.45, 2.75) is 24.2 Å². The predicted molar refractivity (Wildman–Crippen MR) is 76.4 cm³/mol. The molecule has 0 aromatic heterocycles. The predicted octanol–water partition coefficient (Wildman–Crippen LogP) is 1.84. The number of sulfonamides is 1. The minimum absolute atomic E-state index is 0.243. The van der Waals surface area contributed by atoms with E-state index in [0.717, 1.165) is 32.4 Å². The van der Waals surface area contributed by atoms with Gasteiger partial charge in [0.25, 0.3) is 0 Å². The molecular weight excluding hydrogens is 279 g/mol. The molecule has 4 nitrogen and oxygen atoms in total. The number of piperidine rings is 1. The second-order valence-corrected chi connectivity index (χ2v) is 7.25. The molecule has 0 atom stereocenters. The highest BCUT2D eigenvalue weighted by Gasteiger charge is 2.24. The molecule has 20 heavy (non-hydrogen) atoms. The molecule has 0 bridgehead atoms. The maximum atomic E-state index is 13.6. The average molecular weight is 300 g/mol. The van der Waals surface area contributed by atoms with Gasteiger partial charge in [-0.1, -0.05) is 12.1 Å². The van der Waals surface area contributed by atoms with E-state index in [1.54, 1.807) is 0 Å². The molecule has 112 valence electrons. The maximum Gasteiger partial charge on any atom is 0.245 e. The van der Waals surface area contributed by atoms with Crippen LogP contribution in [0, 0.1) is 11.7 Å². The van der Waals surface area contributed by atoms with Crippen molar-refractivity contribution in [3.63, 3.8) is 0 Å². The largest absolute Gasteiger partial charge is 0.317 e. The van der Waals surface area contributed by atoms with Crippen LogP contribution in [-0.4, -0.2) is 39.4 Å². The molecule has 0 radical (unpaired) electrons. The Kier molecular flexibility index (Phi) is 5.12. The SMILES string of the molecule is CN(CCC1CCNCC1)S(=O)(=O)c1ccccc1F. The van der Waals surface area contributed by atoms with E-state index < -0.39 is 15.8 Å². The summed E-state index contributed by atoms with van der Waals surface area (Å²) in [7, 11) is -2.21. The van der Waals surface area contributed by atoms with Gasteiger partial charge in [-0.25, -0.2) is 17.1 Å². The molecule has 1 aromatic carbocycles. The van der Waals surface area contributed by atoms with E-state index in [2.05, 4.69) is 5.32 Å². The summed E-state index contributed by atoms with van der Waals surface area (Å²) in [6.07, 6.45) is 2.98. The Labute approximate surface area is 120 Å².